The van der Waals surface area contributed by atoms with Crippen molar-refractivity contribution in [1.82, 2.24) is 0 Å². The zero-order valence-electron chi connectivity index (χ0n) is 13.3. The van der Waals surface area contributed by atoms with Crippen molar-refractivity contribution >= 4 is 28.9 Å². The number of nitro groups is 1. The molecule has 0 spiro atoms. The van der Waals surface area contributed by atoms with E-state index in [-0.39, 0.29) is 34.4 Å². The first-order chi connectivity index (χ1) is 11.9. The number of amides is 1. The van der Waals surface area contributed by atoms with Gasteiger partial charge in [0, 0.05) is 11.1 Å². The van der Waals surface area contributed by atoms with E-state index in [0.29, 0.717) is 0 Å². The Morgan fingerprint density at radius 3 is 2.60 bits per heavy atom. The lowest BCUT2D eigenvalue weighted by Gasteiger charge is -2.12. The highest BCUT2D eigenvalue weighted by Gasteiger charge is 2.25. The number of methoxy groups -OCH3 is 1. The monoisotopic (exact) mass is 368 g/mol. The summed E-state index contributed by atoms with van der Waals surface area (Å²) >= 11 is 5.65. The molecule has 0 unspecified atom stereocenters. The topological polar surface area (TPSA) is 90.7 Å². The van der Waals surface area contributed by atoms with Gasteiger partial charge in [-0.2, -0.15) is 0 Å². The summed E-state index contributed by atoms with van der Waals surface area (Å²) < 4.78 is 24.2. The molecule has 0 aliphatic rings. The second kappa shape index (κ2) is 7.80. The average molecular weight is 369 g/mol. The van der Waals surface area contributed by atoms with Crippen molar-refractivity contribution in [3.8, 4) is 11.5 Å². The van der Waals surface area contributed by atoms with Crippen LogP contribution in [0.2, 0.25) is 5.02 Å². The highest BCUT2D eigenvalue weighted by molar-refractivity contribution is 6.30. The van der Waals surface area contributed by atoms with E-state index in [4.69, 9.17) is 21.1 Å². The third kappa shape index (κ3) is 4.16. The van der Waals surface area contributed by atoms with Gasteiger partial charge in [0.2, 0.25) is 0 Å². The van der Waals surface area contributed by atoms with Crippen LogP contribution in [-0.2, 0) is 0 Å². The lowest BCUT2D eigenvalue weighted by atomic mass is 10.1. The number of nitro benzene ring substituents is 1. The fourth-order valence-electron chi connectivity index (χ4n) is 2.09. The Labute approximate surface area is 147 Å². The van der Waals surface area contributed by atoms with Crippen LogP contribution in [0.4, 0.5) is 15.8 Å². The molecule has 0 radical (unpaired) electrons. The zero-order valence-corrected chi connectivity index (χ0v) is 14.1. The molecule has 2 aromatic carbocycles. The van der Waals surface area contributed by atoms with Crippen LogP contribution in [-0.4, -0.2) is 24.5 Å². The molecule has 9 heteroatoms. The van der Waals surface area contributed by atoms with Crippen molar-refractivity contribution in [1.29, 1.82) is 0 Å². The highest BCUT2D eigenvalue weighted by atomic mass is 35.5. The highest BCUT2D eigenvalue weighted by Crippen LogP contribution is 2.35. The van der Waals surface area contributed by atoms with Crippen molar-refractivity contribution in [2.45, 2.75) is 6.92 Å². The molecule has 2 rings (SSSR count). The summed E-state index contributed by atoms with van der Waals surface area (Å²) in [7, 11) is 1.32. The van der Waals surface area contributed by atoms with Crippen LogP contribution in [0, 0.1) is 15.9 Å². The van der Waals surface area contributed by atoms with Gasteiger partial charge in [0.15, 0.2) is 11.5 Å². The van der Waals surface area contributed by atoms with Crippen LogP contribution in [0.3, 0.4) is 0 Å². The van der Waals surface area contributed by atoms with Crippen LogP contribution in [0.1, 0.15) is 17.3 Å². The Kier molecular flexibility index (Phi) is 5.76. The standard InChI is InChI=1S/C16H14ClFN2O5/c1-3-25-15-7-10(13(20(22)23)8-14(15)24-2)16(21)19-12-5-4-9(17)6-11(12)18/h4-8H,3H2,1-2H3,(H,19,21). The number of ether oxygens (including phenoxy) is 2. The maximum absolute atomic E-state index is 13.8. The molecule has 0 aliphatic carbocycles. The van der Waals surface area contributed by atoms with Gasteiger partial charge in [0.1, 0.15) is 11.4 Å². The van der Waals surface area contributed by atoms with Gasteiger partial charge < -0.3 is 14.8 Å². The third-order valence-corrected chi connectivity index (χ3v) is 3.44. The first-order valence-corrected chi connectivity index (χ1v) is 7.50. The number of hydrogen-bond donors (Lipinski definition) is 1. The number of nitrogens with zero attached hydrogens (tertiary/aromatic N) is 1. The number of anilines is 1. The molecule has 7 nitrogen and oxygen atoms in total. The average Bonchev–Trinajstić information content (AvgIpc) is 2.57. The number of hydrogen-bond acceptors (Lipinski definition) is 5. The molecule has 1 amide bonds. The Morgan fingerprint density at radius 1 is 1.32 bits per heavy atom. The largest absolute Gasteiger partial charge is 0.493 e. The molecule has 0 saturated carbocycles. The Balaban J connectivity index is 2.46. The molecular formula is C16H14ClFN2O5. The lowest BCUT2D eigenvalue weighted by Crippen LogP contribution is -2.15. The summed E-state index contributed by atoms with van der Waals surface area (Å²) in [4.78, 5) is 23.0. The molecule has 0 saturated heterocycles. The van der Waals surface area contributed by atoms with Crippen molar-refractivity contribution in [2.75, 3.05) is 19.0 Å². The summed E-state index contributed by atoms with van der Waals surface area (Å²) in [5.74, 6) is -1.35. The van der Waals surface area contributed by atoms with E-state index in [2.05, 4.69) is 5.32 Å². The minimum atomic E-state index is -0.864. The molecule has 132 valence electrons. The van der Waals surface area contributed by atoms with Gasteiger partial charge >= 0.3 is 0 Å². The molecule has 0 fully saturated rings. The van der Waals surface area contributed by atoms with E-state index in [1.54, 1.807) is 6.92 Å². The van der Waals surface area contributed by atoms with Crippen LogP contribution < -0.4 is 14.8 Å². The zero-order chi connectivity index (χ0) is 18.6. The summed E-state index contributed by atoms with van der Waals surface area (Å²) in [6.07, 6.45) is 0. The van der Waals surface area contributed by atoms with Crippen molar-refractivity contribution in [3.63, 3.8) is 0 Å². The number of carbonyl (C=O) groups excluding carboxylic acids is 1. The number of rotatable bonds is 6. The fraction of sp³-hybridized carbons (Fsp3) is 0.188. The van der Waals surface area contributed by atoms with E-state index in [0.717, 1.165) is 12.1 Å². The minimum Gasteiger partial charge on any atom is -0.493 e. The number of carbonyl (C=O) groups is 1. The molecule has 0 heterocycles. The predicted molar refractivity (Wildman–Crippen MR) is 90.2 cm³/mol. The normalized spacial score (nSPS) is 10.2. The van der Waals surface area contributed by atoms with E-state index in [1.165, 1.54) is 25.3 Å². The number of benzene rings is 2. The Hall–Kier alpha value is -2.87. The molecular weight excluding hydrogens is 355 g/mol. The maximum atomic E-state index is 13.8. The van der Waals surface area contributed by atoms with E-state index in [9.17, 15) is 19.3 Å². The van der Waals surface area contributed by atoms with Crippen molar-refractivity contribution in [2.24, 2.45) is 0 Å². The van der Waals surface area contributed by atoms with Crippen LogP contribution in [0.5, 0.6) is 11.5 Å². The third-order valence-electron chi connectivity index (χ3n) is 3.20. The second-order valence-electron chi connectivity index (χ2n) is 4.79. The van der Waals surface area contributed by atoms with E-state index in [1.807, 2.05) is 0 Å². The summed E-state index contributed by atoms with van der Waals surface area (Å²) in [5.41, 5.74) is -0.937. The van der Waals surface area contributed by atoms with Crippen LogP contribution >= 0.6 is 11.6 Å². The minimum absolute atomic E-state index is 0.114. The van der Waals surface area contributed by atoms with E-state index < -0.39 is 22.3 Å². The van der Waals surface area contributed by atoms with Gasteiger partial charge in [0.05, 0.1) is 30.4 Å². The number of halogens is 2. The molecule has 0 aromatic heterocycles. The number of nitrogens with one attached hydrogen (secondary N) is 1. The second-order valence-corrected chi connectivity index (χ2v) is 5.23. The summed E-state index contributed by atoms with van der Waals surface area (Å²) in [6.45, 7) is 1.98. The molecule has 2 aromatic rings. The molecule has 25 heavy (non-hydrogen) atoms. The van der Waals surface area contributed by atoms with Gasteiger partial charge in [0.25, 0.3) is 11.6 Å². The van der Waals surface area contributed by atoms with Crippen LogP contribution in [0.15, 0.2) is 30.3 Å². The van der Waals surface area contributed by atoms with Gasteiger partial charge in [-0.1, -0.05) is 11.6 Å². The van der Waals surface area contributed by atoms with Gasteiger partial charge in [-0.15, -0.1) is 0 Å². The maximum Gasteiger partial charge on any atom is 0.286 e. The first kappa shape index (κ1) is 18.5. The van der Waals surface area contributed by atoms with Gasteiger partial charge in [-0.25, -0.2) is 4.39 Å². The lowest BCUT2D eigenvalue weighted by molar-refractivity contribution is -0.385. The molecule has 0 aliphatic heterocycles. The Bertz CT molecular complexity index is 828. The smallest absolute Gasteiger partial charge is 0.286 e. The van der Waals surface area contributed by atoms with Crippen molar-refractivity contribution < 1.29 is 23.6 Å². The Morgan fingerprint density at radius 2 is 2.04 bits per heavy atom. The van der Waals surface area contributed by atoms with Crippen molar-refractivity contribution in [3.05, 3.63) is 56.8 Å². The fourth-order valence-corrected chi connectivity index (χ4v) is 2.25. The molecule has 0 bridgehead atoms. The summed E-state index contributed by atoms with van der Waals surface area (Å²) in [6, 6.07) is 5.93. The van der Waals surface area contributed by atoms with Crippen LogP contribution in [0.25, 0.3) is 0 Å². The van der Waals surface area contributed by atoms with E-state index >= 15 is 0 Å². The SMILES string of the molecule is CCOc1cc(C(=O)Nc2ccc(Cl)cc2F)c([N+](=O)[O-])cc1OC. The quantitative estimate of drug-likeness (QED) is 0.613. The predicted octanol–water partition coefficient (Wildman–Crippen LogP) is 4.05. The van der Waals surface area contributed by atoms with Gasteiger partial charge in [-0.3, -0.25) is 14.9 Å². The summed E-state index contributed by atoms with van der Waals surface area (Å²) in [5, 5.41) is 13.7. The van der Waals surface area contributed by atoms with Gasteiger partial charge in [-0.05, 0) is 25.1 Å². The molecule has 1 N–H and O–H groups in total. The molecule has 0 atom stereocenters. The first-order valence-electron chi connectivity index (χ1n) is 7.13.